The summed E-state index contributed by atoms with van der Waals surface area (Å²) in [6.07, 6.45) is 0. The first-order valence-electron chi connectivity index (χ1n) is 6.32. The molecule has 0 amide bonds. The predicted octanol–water partition coefficient (Wildman–Crippen LogP) is 0.967. The summed E-state index contributed by atoms with van der Waals surface area (Å²) in [5.41, 5.74) is 1.11. The first kappa shape index (κ1) is 15.5. The number of nitrogens with two attached hydrogens (primary N) is 1. The van der Waals surface area contributed by atoms with E-state index in [1.54, 1.807) is 26.0 Å². The van der Waals surface area contributed by atoms with Crippen LogP contribution in [-0.2, 0) is 23.7 Å². The molecule has 1 aromatic heterocycles. The summed E-state index contributed by atoms with van der Waals surface area (Å²) < 4.78 is 30.5. The molecule has 0 unspecified atom stereocenters. The van der Waals surface area contributed by atoms with E-state index in [0.29, 0.717) is 22.7 Å². The average Bonchev–Trinajstić information content (AvgIpc) is 2.65. The Labute approximate surface area is 123 Å². The van der Waals surface area contributed by atoms with Gasteiger partial charge in [-0.15, -0.1) is 10.2 Å². The summed E-state index contributed by atoms with van der Waals surface area (Å²) in [5.74, 6) is 2.06. The molecule has 0 spiro atoms. The summed E-state index contributed by atoms with van der Waals surface area (Å²) in [6, 6.07) is 3.30. The van der Waals surface area contributed by atoms with Gasteiger partial charge in [-0.1, -0.05) is 0 Å². The maximum Gasteiger partial charge on any atom is 0.238 e. The van der Waals surface area contributed by atoms with Crippen molar-refractivity contribution in [2.24, 2.45) is 12.2 Å². The van der Waals surface area contributed by atoms with Gasteiger partial charge in [0.1, 0.15) is 18.2 Å². The largest absolute Gasteiger partial charge is 0.486 e. The molecule has 2 rings (SSSR count). The molecule has 0 radical (unpaired) electrons. The number of aryl methyl sites for hydroxylation is 3. The maximum absolute atomic E-state index is 11.5. The highest BCUT2D eigenvalue weighted by molar-refractivity contribution is 7.89. The minimum Gasteiger partial charge on any atom is -0.486 e. The van der Waals surface area contributed by atoms with Crippen molar-refractivity contribution in [3.8, 4) is 5.75 Å². The van der Waals surface area contributed by atoms with Crippen LogP contribution in [0.15, 0.2) is 17.0 Å². The van der Waals surface area contributed by atoms with Gasteiger partial charge in [-0.05, 0) is 44.0 Å². The lowest BCUT2D eigenvalue weighted by molar-refractivity contribution is 0.290. The Bertz CT molecular complexity index is 758. The number of ether oxygens (including phenoxy) is 1. The van der Waals surface area contributed by atoms with Crippen molar-refractivity contribution in [1.82, 2.24) is 14.8 Å². The smallest absolute Gasteiger partial charge is 0.238 e. The molecule has 0 fully saturated rings. The van der Waals surface area contributed by atoms with Crippen molar-refractivity contribution in [3.05, 3.63) is 34.9 Å². The molecule has 0 saturated heterocycles. The van der Waals surface area contributed by atoms with Crippen molar-refractivity contribution in [3.63, 3.8) is 0 Å². The highest BCUT2D eigenvalue weighted by atomic mass is 32.2. The Hall–Kier alpha value is -1.93. The third-order valence-corrected chi connectivity index (χ3v) is 4.48. The molecule has 8 heteroatoms. The van der Waals surface area contributed by atoms with Gasteiger partial charge in [-0.2, -0.15) is 0 Å². The molecule has 114 valence electrons. The predicted molar refractivity (Wildman–Crippen MR) is 77.4 cm³/mol. The van der Waals surface area contributed by atoms with E-state index in [4.69, 9.17) is 9.88 Å². The Kier molecular flexibility index (Phi) is 4.02. The van der Waals surface area contributed by atoms with Crippen molar-refractivity contribution in [2.45, 2.75) is 32.3 Å². The summed E-state index contributed by atoms with van der Waals surface area (Å²) in [4.78, 5) is 0.143. The molecule has 0 aliphatic carbocycles. The molecule has 2 N–H and O–H groups in total. The van der Waals surface area contributed by atoms with Crippen molar-refractivity contribution >= 4 is 10.0 Å². The number of aromatic nitrogens is 3. The van der Waals surface area contributed by atoms with Gasteiger partial charge in [0.15, 0.2) is 5.82 Å². The number of hydrogen-bond acceptors (Lipinski definition) is 5. The maximum atomic E-state index is 11.5. The van der Waals surface area contributed by atoms with Gasteiger partial charge >= 0.3 is 0 Å². The zero-order valence-corrected chi connectivity index (χ0v) is 13.2. The molecular weight excluding hydrogens is 292 g/mol. The molecule has 0 aliphatic heterocycles. The van der Waals surface area contributed by atoms with Crippen LogP contribution in [0.5, 0.6) is 5.75 Å². The van der Waals surface area contributed by atoms with E-state index < -0.39 is 10.0 Å². The molecule has 2 aromatic rings. The molecular formula is C13H18N4O3S. The van der Waals surface area contributed by atoms with Gasteiger partial charge in [0, 0.05) is 7.05 Å². The SMILES string of the molecule is Cc1cc(OCc2nnc(C)n2C)cc(C)c1S(N)(=O)=O. The summed E-state index contributed by atoms with van der Waals surface area (Å²) in [7, 11) is -1.88. The van der Waals surface area contributed by atoms with Crippen LogP contribution in [0.4, 0.5) is 0 Å². The summed E-state index contributed by atoms with van der Waals surface area (Å²) in [5, 5.41) is 13.2. The summed E-state index contributed by atoms with van der Waals surface area (Å²) in [6.45, 7) is 5.48. The molecule has 7 nitrogen and oxygen atoms in total. The molecule has 21 heavy (non-hydrogen) atoms. The third-order valence-electron chi connectivity index (χ3n) is 3.27. The highest BCUT2D eigenvalue weighted by Crippen LogP contribution is 2.25. The van der Waals surface area contributed by atoms with Crippen LogP contribution in [0.1, 0.15) is 22.8 Å². The van der Waals surface area contributed by atoms with E-state index in [9.17, 15) is 8.42 Å². The third kappa shape index (κ3) is 3.22. The molecule has 0 bridgehead atoms. The topological polar surface area (TPSA) is 100 Å². The van der Waals surface area contributed by atoms with Gasteiger partial charge in [0.2, 0.25) is 10.0 Å². The Balaban J connectivity index is 2.25. The van der Waals surface area contributed by atoms with Crippen LogP contribution >= 0.6 is 0 Å². The highest BCUT2D eigenvalue weighted by Gasteiger charge is 2.16. The number of hydrogen-bond donors (Lipinski definition) is 1. The quantitative estimate of drug-likeness (QED) is 0.907. The van der Waals surface area contributed by atoms with Crippen molar-refractivity contribution in [2.75, 3.05) is 0 Å². The molecule has 0 saturated carbocycles. The van der Waals surface area contributed by atoms with Crippen LogP contribution in [0, 0.1) is 20.8 Å². The van der Waals surface area contributed by atoms with Crippen LogP contribution in [0.2, 0.25) is 0 Å². The van der Waals surface area contributed by atoms with Gasteiger partial charge in [-0.3, -0.25) is 0 Å². The first-order chi connectivity index (χ1) is 9.70. The fourth-order valence-electron chi connectivity index (χ4n) is 2.17. The second-order valence-corrected chi connectivity index (χ2v) is 6.44. The van der Waals surface area contributed by atoms with Gasteiger partial charge in [0.25, 0.3) is 0 Å². The molecule has 1 aromatic carbocycles. The number of primary sulfonamides is 1. The van der Waals surface area contributed by atoms with Crippen molar-refractivity contribution < 1.29 is 13.2 Å². The van der Waals surface area contributed by atoms with E-state index >= 15 is 0 Å². The minimum absolute atomic E-state index is 0.143. The van der Waals surface area contributed by atoms with Crippen molar-refractivity contribution in [1.29, 1.82) is 0 Å². The van der Waals surface area contributed by atoms with Crippen LogP contribution in [0.25, 0.3) is 0 Å². The normalized spacial score (nSPS) is 11.7. The van der Waals surface area contributed by atoms with E-state index in [1.165, 1.54) is 0 Å². The fourth-order valence-corrected chi connectivity index (χ4v) is 3.18. The first-order valence-corrected chi connectivity index (χ1v) is 7.86. The second-order valence-electron chi connectivity index (χ2n) is 4.94. The average molecular weight is 310 g/mol. The Morgan fingerprint density at radius 1 is 1.19 bits per heavy atom. The molecule has 0 aliphatic rings. The molecule has 0 atom stereocenters. The lowest BCUT2D eigenvalue weighted by atomic mass is 10.1. The second kappa shape index (κ2) is 5.45. The molecule has 1 heterocycles. The zero-order chi connectivity index (χ0) is 15.8. The fraction of sp³-hybridized carbons (Fsp3) is 0.385. The van der Waals surface area contributed by atoms with Gasteiger partial charge in [-0.25, -0.2) is 13.6 Å². The number of rotatable bonds is 4. The van der Waals surface area contributed by atoms with E-state index in [0.717, 1.165) is 5.82 Å². The number of sulfonamides is 1. The lowest BCUT2D eigenvalue weighted by Gasteiger charge is -2.12. The number of benzene rings is 1. The van der Waals surface area contributed by atoms with E-state index in [-0.39, 0.29) is 11.5 Å². The Morgan fingerprint density at radius 2 is 1.76 bits per heavy atom. The lowest BCUT2D eigenvalue weighted by Crippen LogP contribution is -2.15. The van der Waals surface area contributed by atoms with Crippen LogP contribution in [0.3, 0.4) is 0 Å². The monoisotopic (exact) mass is 310 g/mol. The minimum atomic E-state index is -3.73. The standard InChI is InChI=1S/C13H18N4O3S/c1-8-5-11(6-9(2)13(8)21(14,18)19)20-7-12-16-15-10(3)17(12)4/h5-6H,7H2,1-4H3,(H2,14,18,19). The van der Waals surface area contributed by atoms with Gasteiger partial charge < -0.3 is 9.30 Å². The van der Waals surface area contributed by atoms with E-state index in [1.807, 2.05) is 18.5 Å². The Morgan fingerprint density at radius 3 is 2.19 bits per heavy atom. The van der Waals surface area contributed by atoms with Crippen LogP contribution < -0.4 is 9.88 Å². The number of nitrogens with zero attached hydrogens (tertiary/aromatic N) is 3. The summed E-state index contributed by atoms with van der Waals surface area (Å²) >= 11 is 0. The van der Waals surface area contributed by atoms with Gasteiger partial charge in [0.05, 0.1) is 4.90 Å². The zero-order valence-electron chi connectivity index (χ0n) is 12.4. The van der Waals surface area contributed by atoms with E-state index in [2.05, 4.69) is 10.2 Å². The van der Waals surface area contributed by atoms with Crippen LogP contribution in [-0.4, -0.2) is 23.2 Å².